The lowest BCUT2D eigenvalue weighted by Gasteiger charge is -2.25. The summed E-state index contributed by atoms with van der Waals surface area (Å²) in [6.07, 6.45) is 5.74. The summed E-state index contributed by atoms with van der Waals surface area (Å²) in [5.74, 6) is 0.389. The Hall–Kier alpha value is -2.48. The van der Waals surface area contributed by atoms with Crippen LogP contribution in [0.2, 0.25) is 0 Å². The van der Waals surface area contributed by atoms with E-state index in [4.69, 9.17) is 13.8 Å². The van der Waals surface area contributed by atoms with Gasteiger partial charge in [0.25, 0.3) is 16.0 Å². The summed E-state index contributed by atoms with van der Waals surface area (Å²) in [6.45, 7) is 8.56. The van der Waals surface area contributed by atoms with E-state index >= 15 is 0 Å². The van der Waals surface area contributed by atoms with Gasteiger partial charge in [-0.05, 0) is 53.3 Å². The van der Waals surface area contributed by atoms with Crippen LogP contribution in [0.3, 0.4) is 0 Å². The minimum absolute atomic E-state index is 0.0851. The van der Waals surface area contributed by atoms with Crippen LogP contribution in [0, 0.1) is 11.3 Å². The Kier molecular flexibility index (Phi) is 11.8. The first-order valence-electron chi connectivity index (χ1n) is 12.9. The van der Waals surface area contributed by atoms with Gasteiger partial charge in [-0.15, -0.1) is 0 Å². The number of benzene rings is 2. The average molecular weight is 757 g/mol. The predicted molar refractivity (Wildman–Crippen MR) is 173 cm³/mol. The van der Waals surface area contributed by atoms with Crippen molar-refractivity contribution in [1.29, 1.82) is 0 Å². The lowest BCUT2D eigenvalue weighted by Crippen LogP contribution is -2.28. The van der Waals surface area contributed by atoms with Crippen LogP contribution in [0.4, 0.5) is 0 Å². The molecule has 2 N–H and O–H groups in total. The van der Waals surface area contributed by atoms with Crippen molar-refractivity contribution >= 4 is 54.5 Å². The number of carbonyl (C=O) groups is 1. The van der Waals surface area contributed by atoms with Gasteiger partial charge < -0.3 is 14.6 Å². The van der Waals surface area contributed by atoms with Gasteiger partial charge in [0.15, 0.2) is 11.9 Å². The van der Waals surface area contributed by atoms with Gasteiger partial charge in [0, 0.05) is 32.6 Å². The molecule has 11 heteroatoms. The molecule has 220 valence electrons. The lowest BCUT2D eigenvalue weighted by molar-refractivity contribution is 0.0956. The second-order valence-electron chi connectivity index (χ2n) is 10.6. The number of ether oxygens (including phenoxy) is 1. The van der Waals surface area contributed by atoms with Crippen molar-refractivity contribution in [3.8, 4) is 17.1 Å². The molecule has 2 unspecified atom stereocenters. The fourth-order valence-corrected chi connectivity index (χ4v) is 4.87. The van der Waals surface area contributed by atoms with Crippen molar-refractivity contribution in [2.45, 2.75) is 33.8 Å². The van der Waals surface area contributed by atoms with E-state index in [-0.39, 0.29) is 12.0 Å². The molecule has 0 radical (unpaired) electrons. The highest BCUT2D eigenvalue weighted by molar-refractivity contribution is 14.1. The summed E-state index contributed by atoms with van der Waals surface area (Å²) in [4.78, 5) is 12.4. The molecule has 3 rings (SSSR count). The van der Waals surface area contributed by atoms with Crippen LogP contribution in [0.1, 0.15) is 49.9 Å². The molecule has 0 saturated heterocycles. The van der Waals surface area contributed by atoms with Gasteiger partial charge in [0.05, 0.1) is 5.75 Å². The van der Waals surface area contributed by atoms with Gasteiger partial charge >= 0.3 is 0 Å². The maximum absolute atomic E-state index is 12.4. The van der Waals surface area contributed by atoms with E-state index in [9.17, 15) is 13.2 Å². The van der Waals surface area contributed by atoms with Crippen LogP contribution >= 0.6 is 38.5 Å². The van der Waals surface area contributed by atoms with E-state index in [0.29, 0.717) is 28.7 Å². The van der Waals surface area contributed by atoms with Crippen LogP contribution in [0.5, 0.6) is 5.75 Å². The molecule has 0 saturated carbocycles. The maximum Gasteiger partial charge on any atom is 0.266 e. The molecule has 0 fully saturated rings. The smallest absolute Gasteiger partial charge is 0.266 e. The quantitative estimate of drug-likeness (QED) is 0.0854. The molecule has 2 aromatic carbocycles. The largest absolute Gasteiger partial charge is 0.479 e. The van der Waals surface area contributed by atoms with E-state index in [0.717, 1.165) is 20.0 Å². The minimum Gasteiger partial charge on any atom is -0.479 e. The summed E-state index contributed by atoms with van der Waals surface area (Å²) < 4.78 is 44.6. The number of hydrogen-bond acceptors (Lipinski definition) is 6. The third-order valence-electron chi connectivity index (χ3n) is 6.48. The second-order valence-corrected chi connectivity index (χ2v) is 13.9. The van der Waals surface area contributed by atoms with Crippen LogP contribution in [0.15, 0.2) is 87.4 Å². The molecule has 0 aliphatic rings. The predicted octanol–water partition coefficient (Wildman–Crippen LogP) is 7.44. The molecule has 0 aliphatic heterocycles. The molecule has 1 amide bonds. The maximum atomic E-state index is 12.4. The highest BCUT2D eigenvalue weighted by Gasteiger charge is 2.24. The van der Waals surface area contributed by atoms with Crippen molar-refractivity contribution in [2.75, 3.05) is 16.7 Å². The Morgan fingerprint density at radius 2 is 1.90 bits per heavy atom. The molecule has 1 aromatic heterocycles. The minimum atomic E-state index is -4.16. The number of allylic oxidation sites excluding steroid dienone is 2. The Morgan fingerprint density at radius 3 is 2.51 bits per heavy atom. The number of alkyl halides is 1. The van der Waals surface area contributed by atoms with Crippen molar-refractivity contribution in [1.82, 2.24) is 10.5 Å². The zero-order valence-electron chi connectivity index (χ0n) is 23.3. The standard InChI is InChI=1S/C30H34BrIN2O6S/c1-20(30(2,3)4)8-9-21(14-15-32)28(26-19-27(40-34-26)23-6-5-7-24(31)18-23)39-25-12-10-22(11-13-25)29(35)33-16-17-41(36,37)38/h5-14,18-20,28H,15-17H2,1-4H3,(H,33,35)(H,36,37,38)/b9-8-,21-14+. The highest BCUT2D eigenvalue weighted by atomic mass is 127. The van der Waals surface area contributed by atoms with E-state index < -0.39 is 27.9 Å². The Labute approximate surface area is 263 Å². The number of amides is 1. The average Bonchev–Trinajstić information content (AvgIpc) is 3.39. The fraction of sp³-hybridized carbons (Fsp3) is 0.333. The number of nitrogens with zero attached hydrogens (tertiary/aromatic N) is 1. The summed E-state index contributed by atoms with van der Waals surface area (Å²) in [5.41, 5.74) is 2.79. The Morgan fingerprint density at radius 1 is 1.20 bits per heavy atom. The number of halogens is 2. The van der Waals surface area contributed by atoms with Crippen LogP contribution in [0.25, 0.3) is 11.3 Å². The summed E-state index contributed by atoms with van der Waals surface area (Å²) in [6, 6.07) is 16.1. The van der Waals surface area contributed by atoms with Gasteiger partial charge in [-0.2, -0.15) is 8.42 Å². The first kappa shape index (κ1) is 33.0. The normalized spacial score (nSPS) is 14.2. The summed E-state index contributed by atoms with van der Waals surface area (Å²) in [5, 5.41) is 6.85. The fourth-order valence-electron chi connectivity index (χ4n) is 3.60. The third kappa shape index (κ3) is 10.4. The zero-order chi connectivity index (χ0) is 30.2. The molecule has 0 bridgehead atoms. The number of rotatable bonds is 12. The zero-order valence-corrected chi connectivity index (χ0v) is 27.9. The number of carbonyl (C=O) groups excluding carboxylic acids is 1. The number of aromatic nitrogens is 1. The number of nitrogens with one attached hydrogen (secondary N) is 1. The summed E-state index contributed by atoms with van der Waals surface area (Å²) >= 11 is 5.79. The monoisotopic (exact) mass is 756 g/mol. The molecule has 41 heavy (non-hydrogen) atoms. The molecular formula is C30H34BrIN2O6S. The van der Waals surface area contributed by atoms with Crippen LogP contribution < -0.4 is 10.1 Å². The molecule has 0 aliphatic carbocycles. The second kappa shape index (κ2) is 14.6. The van der Waals surface area contributed by atoms with Crippen molar-refractivity contribution in [3.63, 3.8) is 0 Å². The van der Waals surface area contributed by atoms with Crippen molar-refractivity contribution in [2.24, 2.45) is 11.3 Å². The molecule has 3 aromatic rings. The summed E-state index contributed by atoms with van der Waals surface area (Å²) in [7, 11) is -4.16. The van der Waals surface area contributed by atoms with Crippen molar-refractivity contribution < 1.29 is 27.0 Å². The van der Waals surface area contributed by atoms with E-state index in [1.54, 1.807) is 24.3 Å². The van der Waals surface area contributed by atoms with E-state index in [2.05, 4.69) is 94.9 Å². The van der Waals surface area contributed by atoms with Gasteiger partial charge in [0.1, 0.15) is 11.4 Å². The van der Waals surface area contributed by atoms with E-state index in [1.807, 2.05) is 30.3 Å². The van der Waals surface area contributed by atoms with Gasteiger partial charge in [0.2, 0.25) is 0 Å². The highest BCUT2D eigenvalue weighted by Crippen LogP contribution is 2.34. The van der Waals surface area contributed by atoms with Crippen LogP contribution in [-0.2, 0) is 10.1 Å². The van der Waals surface area contributed by atoms with Crippen molar-refractivity contribution in [3.05, 3.63) is 94.1 Å². The van der Waals surface area contributed by atoms with Gasteiger partial charge in [-0.3, -0.25) is 9.35 Å². The van der Waals surface area contributed by atoms with Gasteiger partial charge in [-0.25, -0.2) is 0 Å². The molecule has 0 spiro atoms. The Balaban J connectivity index is 1.91. The Bertz CT molecular complexity index is 1490. The third-order valence-corrected chi connectivity index (χ3v) is 8.13. The first-order chi connectivity index (χ1) is 19.3. The van der Waals surface area contributed by atoms with Gasteiger partial charge in [-0.1, -0.05) is 102 Å². The molecule has 1 heterocycles. The topological polar surface area (TPSA) is 119 Å². The van der Waals surface area contributed by atoms with Crippen LogP contribution in [-0.4, -0.2) is 40.8 Å². The SMILES string of the molecule is CC(/C=C\C(=C/CI)C(Oc1ccc(C(=O)NCCS(=O)(=O)O)cc1)c1cc(-c2cccc(Br)c2)on1)C(C)(C)C. The first-order valence-corrected chi connectivity index (χ1v) is 16.9. The molecule has 2 atom stereocenters. The lowest BCUT2D eigenvalue weighted by atomic mass is 9.81. The molecule has 8 nitrogen and oxygen atoms in total. The van der Waals surface area contributed by atoms with E-state index in [1.165, 1.54) is 0 Å². The number of hydrogen-bond donors (Lipinski definition) is 2. The molecular weight excluding hydrogens is 723 g/mol.